The Morgan fingerprint density at radius 2 is 2.29 bits per heavy atom. The van der Waals surface area contributed by atoms with E-state index in [1.807, 2.05) is 26.8 Å². The van der Waals surface area contributed by atoms with Crippen molar-refractivity contribution in [1.82, 2.24) is 9.78 Å². The normalized spacial score (nSPS) is 12.9. The third-order valence-corrected chi connectivity index (χ3v) is 2.13. The number of aryl methyl sites for hydroxylation is 2. The molecule has 0 fully saturated rings. The van der Waals surface area contributed by atoms with E-state index < -0.39 is 6.10 Å². The van der Waals surface area contributed by atoms with Crippen molar-refractivity contribution in [2.24, 2.45) is 0 Å². The molecule has 1 aromatic rings. The summed E-state index contributed by atoms with van der Waals surface area (Å²) in [5, 5.41) is 13.4. The summed E-state index contributed by atoms with van der Waals surface area (Å²) in [6.45, 7) is 5.52. The topological polar surface area (TPSA) is 55.1 Å². The molecule has 14 heavy (non-hydrogen) atoms. The second kappa shape index (κ2) is 4.37. The van der Waals surface area contributed by atoms with Crippen molar-refractivity contribution >= 4 is 5.91 Å². The molecule has 4 heteroatoms. The molecule has 1 heterocycles. The molecule has 1 atom stereocenters. The van der Waals surface area contributed by atoms with Gasteiger partial charge >= 0.3 is 0 Å². The Balaban J connectivity index is 2.74. The van der Waals surface area contributed by atoms with Gasteiger partial charge in [-0.05, 0) is 26.3 Å². The minimum absolute atomic E-state index is 0.137. The van der Waals surface area contributed by atoms with Crippen molar-refractivity contribution in [2.75, 3.05) is 0 Å². The summed E-state index contributed by atoms with van der Waals surface area (Å²) in [7, 11) is 0. The smallest absolute Gasteiger partial charge is 0.249 e. The Morgan fingerprint density at radius 1 is 1.64 bits per heavy atom. The van der Waals surface area contributed by atoms with Crippen LogP contribution in [0.2, 0.25) is 0 Å². The second-order valence-corrected chi connectivity index (χ2v) is 3.50. The first kappa shape index (κ1) is 10.9. The maximum absolute atomic E-state index is 11.6. The van der Waals surface area contributed by atoms with Crippen LogP contribution < -0.4 is 0 Å². The van der Waals surface area contributed by atoms with Crippen LogP contribution in [0, 0.1) is 13.8 Å². The Morgan fingerprint density at radius 3 is 2.71 bits per heavy atom. The van der Waals surface area contributed by atoms with Gasteiger partial charge in [-0.1, -0.05) is 6.92 Å². The average molecular weight is 196 g/mol. The van der Waals surface area contributed by atoms with Gasteiger partial charge in [0.1, 0.15) is 0 Å². The van der Waals surface area contributed by atoms with Gasteiger partial charge in [-0.3, -0.25) is 4.79 Å². The van der Waals surface area contributed by atoms with Crippen LogP contribution in [-0.2, 0) is 0 Å². The number of nitrogens with zero attached hydrogens (tertiary/aromatic N) is 2. The lowest BCUT2D eigenvalue weighted by Gasteiger charge is -2.07. The Bertz CT molecular complexity index is 331. The van der Waals surface area contributed by atoms with Gasteiger partial charge in [0.25, 0.3) is 0 Å². The summed E-state index contributed by atoms with van der Waals surface area (Å²) in [5.41, 5.74) is 1.64. The van der Waals surface area contributed by atoms with Gasteiger partial charge < -0.3 is 5.11 Å². The van der Waals surface area contributed by atoms with Crippen LogP contribution in [0.5, 0.6) is 0 Å². The highest BCUT2D eigenvalue weighted by molar-refractivity contribution is 5.79. The van der Waals surface area contributed by atoms with Gasteiger partial charge in [0.15, 0.2) is 0 Å². The number of aliphatic hydroxyl groups is 1. The molecule has 0 aliphatic carbocycles. The Labute approximate surface area is 83.5 Å². The molecule has 1 unspecified atom stereocenters. The summed E-state index contributed by atoms with van der Waals surface area (Å²) >= 11 is 0. The molecule has 4 nitrogen and oxygen atoms in total. The zero-order chi connectivity index (χ0) is 10.7. The molecule has 0 radical (unpaired) electrons. The number of aliphatic hydroxyl groups excluding tert-OH is 1. The first-order chi connectivity index (χ1) is 6.54. The zero-order valence-corrected chi connectivity index (χ0v) is 8.82. The van der Waals surface area contributed by atoms with Gasteiger partial charge in [0.05, 0.1) is 18.2 Å². The summed E-state index contributed by atoms with van der Waals surface area (Å²) in [5.74, 6) is -0.148. The highest BCUT2D eigenvalue weighted by Crippen LogP contribution is 2.05. The van der Waals surface area contributed by atoms with Crippen LogP contribution in [0.4, 0.5) is 0 Å². The molecule has 0 aliphatic rings. The Hall–Kier alpha value is -1.16. The molecule has 0 saturated carbocycles. The Kier molecular flexibility index (Phi) is 3.41. The lowest BCUT2D eigenvalue weighted by molar-refractivity contribution is 0.0775. The minimum Gasteiger partial charge on any atom is -0.393 e. The molecular weight excluding hydrogens is 180 g/mol. The van der Waals surface area contributed by atoms with E-state index in [1.165, 1.54) is 4.68 Å². The molecule has 0 spiro atoms. The predicted molar refractivity (Wildman–Crippen MR) is 53.2 cm³/mol. The minimum atomic E-state index is -0.564. The van der Waals surface area contributed by atoms with Crippen molar-refractivity contribution in [1.29, 1.82) is 0 Å². The zero-order valence-electron chi connectivity index (χ0n) is 8.82. The van der Waals surface area contributed by atoms with Crippen molar-refractivity contribution in [3.05, 3.63) is 17.5 Å². The van der Waals surface area contributed by atoms with Crippen LogP contribution in [0.25, 0.3) is 0 Å². The average Bonchev–Trinajstić information content (AvgIpc) is 2.45. The number of carbonyl (C=O) groups is 1. The maximum atomic E-state index is 11.6. The lowest BCUT2D eigenvalue weighted by Crippen LogP contribution is -2.20. The molecule has 1 aromatic heterocycles. The second-order valence-electron chi connectivity index (χ2n) is 3.50. The van der Waals surface area contributed by atoms with Gasteiger partial charge in [-0.2, -0.15) is 5.10 Å². The monoisotopic (exact) mass is 196 g/mol. The predicted octanol–water partition coefficient (Wildman–Crippen LogP) is 1.30. The SMILES string of the molecule is CCC(O)CC(=O)n1nc(C)cc1C. The largest absolute Gasteiger partial charge is 0.393 e. The third-order valence-electron chi connectivity index (χ3n) is 2.13. The van der Waals surface area contributed by atoms with Crippen molar-refractivity contribution in [2.45, 2.75) is 39.7 Å². The number of aromatic nitrogens is 2. The number of rotatable bonds is 3. The van der Waals surface area contributed by atoms with E-state index in [0.29, 0.717) is 6.42 Å². The molecule has 0 bridgehead atoms. The first-order valence-corrected chi connectivity index (χ1v) is 4.79. The highest BCUT2D eigenvalue weighted by Gasteiger charge is 2.13. The molecule has 0 saturated heterocycles. The fraction of sp³-hybridized carbons (Fsp3) is 0.600. The highest BCUT2D eigenvalue weighted by atomic mass is 16.3. The van der Waals surface area contributed by atoms with Gasteiger partial charge in [-0.15, -0.1) is 0 Å². The fourth-order valence-electron chi connectivity index (χ4n) is 1.31. The molecule has 78 valence electrons. The van der Waals surface area contributed by atoms with E-state index in [-0.39, 0.29) is 12.3 Å². The molecule has 0 aliphatic heterocycles. The summed E-state index contributed by atoms with van der Waals surface area (Å²) in [4.78, 5) is 11.6. The summed E-state index contributed by atoms with van der Waals surface area (Å²) < 4.78 is 1.36. The summed E-state index contributed by atoms with van der Waals surface area (Å²) in [6.07, 6.45) is 0.162. The maximum Gasteiger partial charge on any atom is 0.249 e. The van der Waals surface area contributed by atoms with Crippen LogP contribution in [-0.4, -0.2) is 26.9 Å². The van der Waals surface area contributed by atoms with Crippen LogP contribution in [0.1, 0.15) is 35.9 Å². The van der Waals surface area contributed by atoms with E-state index in [1.54, 1.807) is 0 Å². The first-order valence-electron chi connectivity index (χ1n) is 4.79. The number of carbonyl (C=O) groups excluding carboxylic acids is 1. The number of hydrogen-bond acceptors (Lipinski definition) is 3. The number of hydrogen-bond donors (Lipinski definition) is 1. The summed E-state index contributed by atoms with van der Waals surface area (Å²) in [6, 6.07) is 1.84. The molecule has 0 aromatic carbocycles. The van der Waals surface area contributed by atoms with E-state index >= 15 is 0 Å². The molecule has 1 rings (SSSR count). The molecular formula is C10H16N2O2. The van der Waals surface area contributed by atoms with Crippen molar-refractivity contribution in [3.63, 3.8) is 0 Å². The van der Waals surface area contributed by atoms with Crippen LogP contribution in [0.3, 0.4) is 0 Å². The standard InChI is InChI=1S/C10H16N2O2/c1-4-9(13)6-10(14)12-8(3)5-7(2)11-12/h5,9,13H,4,6H2,1-3H3. The third kappa shape index (κ3) is 2.42. The van der Waals surface area contributed by atoms with E-state index in [9.17, 15) is 9.90 Å². The van der Waals surface area contributed by atoms with E-state index in [4.69, 9.17) is 0 Å². The molecule has 0 amide bonds. The van der Waals surface area contributed by atoms with E-state index in [0.717, 1.165) is 11.4 Å². The fourth-order valence-corrected chi connectivity index (χ4v) is 1.31. The molecule has 1 N–H and O–H groups in total. The van der Waals surface area contributed by atoms with E-state index in [2.05, 4.69) is 5.10 Å². The van der Waals surface area contributed by atoms with Crippen molar-refractivity contribution in [3.8, 4) is 0 Å². The van der Waals surface area contributed by atoms with Crippen LogP contribution >= 0.6 is 0 Å². The van der Waals surface area contributed by atoms with Crippen molar-refractivity contribution < 1.29 is 9.90 Å². The van der Waals surface area contributed by atoms with Crippen LogP contribution in [0.15, 0.2) is 6.07 Å². The quantitative estimate of drug-likeness (QED) is 0.792. The van der Waals surface area contributed by atoms with Gasteiger partial charge in [0, 0.05) is 5.69 Å². The van der Waals surface area contributed by atoms with Gasteiger partial charge in [-0.25, -0.2) is 4.68 Å². The lowest BCUT2D eigenvalue weighted by atomic mass is 10.2. The van der Waals surface area contributed by atoms with Gasteiger partial charge in [0.2, 0.25) is 5.91 Å².